The van der Waals surface area contributed by atoms with Gasteiger partial charge in [0.2, 0.25) is 5.89 Å². The van der Waals surface area contributed by atoms with Gasteiger partial charge in [0.25, 0.3) is 4.84 Å². The molecule has 0 N–H and O–H groups in total. The molecule has 1 atom stereocenters. The van der Waals surface area contributed by atoms with Gasteiger partial charge in [0, 0.05) is 12.6 Å². The first-order chi connectivity index (χ1) is 13.9. The van der Waals surface area contributed by atoms with Crippen molar-refractivity contribution in [2.75, 3.05) is 11.5 Å². The molecule has 4 rings (SSSR count). The lowest BCUT2D eigenvalue weighted by Crippen LogP contribution is -2.37. The van der Waals surface area contributed by atoms with E-state index in [1.807, 2.05) is 35.2 Å². The van der Waals surface area contributed by atoms with Crippen LogP contribution in [0, 0.1) is 10.7 Å². The maximum absolute atomic E-state index is 14.1. The van der Waals surface area contributed by atoms with Crippen LogP contribution in [0.1, 0.15) is 12.0 Å². The van der Waals surface area contributed by atoms with Crippen molar-refractivity contribution < 1.29 is 17.2 Å². The summed E-state index contributed by atoms with van der Waals surface area (Å²) < 4.78 is 45.1. The Morgan fingerprint density at radius 1 is 1.17 bits per heavy atom. The maximum atomic E-state index is 14.1. The maximum Gasteiger partial charge on any atom is 0.288 e. The average molecular weight is 434 g/mol. The predicted molar refractivity (Wildman–Crippen MR) is 110 cm³/mol. The van der Waals surface area contributed by atoms with Gasteiger partial charge in [-0.3, -0.25) is 4.90 Å². The molecule has 0 radical (unpaired) electrons. The number of aromatic nitrogens is 2. The van der Waals surface area contributed by atoms with Crippen LogP contribution in [0.25, 0.3) is 11.5 Å². The van der Waals surface area contributed by atoms with Gasteiger partial charge in [0.1, 0.15) is 5.82 Å². The number of nitrogens with zero attached hydrogens (tertiary/aromatic N) is 3. The summed E-state index contributed by atoms with van der Waals surface area (Å²) in [6.07, 6.45) is 0.556. The molecule has 152 valence electrons. The highest BCUT2D eigenvalue weighted by molar-refractivity contribution is 7.91. The molecule has 0 amide bonds. The number of rotatable bonds is 6. The molecule has 0 aliphatic carbocycles. The van der Waals surface area contributed by atoms with E-state index in [9.17, 15) is 12.8 Å². The van der Waals surface area contributed by atoms with E-state index in [4.69, 9.17) is 16.6 Å². The van der Waals surface area contributed by atoms with Crippen molar-refractivity contribution in [1.82, 2.24) is 14.7 Å². The molecule has 0 bridgehead atoms. The van der Waals surface area contributed by atoms with Crippen LogP contribution >= 0.6 is 12.2 Å². The molecule has 3 aromatic rings. The van der Waals surface area contributed by atoms with Crippen LogP contribution in [0.15, 0.2) is 59.0 Å². The van der Waals surface area contributed by atoms with E-state index in [2.05, 4.69) is 5.10 Å². The Morgan fingerprint density at radius 3 is 2.59 bits per heavy atom. The van der Waals surface area contributed by atoms with Crippen LogP contribution in [0.4, 0.5) is 4.39 Å². The second-order valence-electron chi connectivity index (χ2n) is 7.08. The Morgan fingerprint density at radius 2 is 1.90 bits per heavy atom. The molecule has 6 nitrogen and oxygen atoms in total. The topological polar surface area (TPSA) is 68.3 Å². The number of halogens is 1. The summed E-state index contributed by atoms with van der Waals surface area (Å²) in [5.41, 5.74) is 1.29. The van der Waals surface area contributed by atoms with Gasteiger partial charge in [-0.2, -0.15) is 0 Å². The molecule has 2 heterocycles. The largest absolute Gasteiger partial charge is 0.409 e. The molecular weight excluding hydrogens is 413 g/mol. The monoisotopic (exact) mass is 433 g/mol. The molecule has 1 aliphatic heterocycles. The van der Waals surface area contributed by atoms with Gasteiger partial charge in [-0.25, -0.2) is 17.5 Å². The number of benzene rings is 2. The van der Waals surface area contributed by atoms with E-state index in [1.54, 1.807) is 18.2 Å². The quantitative estimate of drug-likeness (QED) is 0.553. The molecule has 0 saturated carbocycles. The van der Waals surface area contributed by atoms with Crippen LogP contribution in [-0.2, 0) is 23.1 Å². The lowest BCUT2D eigenvalue weighted by atomic mass is 10.1. The second-order valence-corrected chi connectivity index (χ2v) is 9.66. The van der Waals surface area contributed by atoms with Crippen LogP contribution in [-0.4, -0.2) is 40.6 Å². The third kappa shape index (κ3) is 4.63. The van der Waals surface area contributed by atoms with Crippen molar-refractivity contribution in [1.29, 1.82) is 0 Å². The molecule has 2 aromatic carbocycles. The van der Waals surface area contributed by atoms with Gasteiger partial charge < -0.3 is 4.42 Å². The van der Waals surface area contributed by atoms with E-state index in [-0.39, 0.29) is 40.5 Å². The van der Waals surface area contributed by atoms with Crippen molar-refractivity contribution in [2.45, 2.75) is 25.7 Å². The number of hydrogen-bond acceptors (Lipinski definition) is 6. The summed E-state index contributed by atoms with van der Waals surface area (Å²) >= 11 is 5.29. The Balaban J connectivity index is 1.62. The molecule has 1 aliphatic rings. The van der Waals surface area contributed by atoms with E-state index >= 15 is 0 Å². The minimum absolute atomic E-state index is 0.102. The predicted octanol–water partition coefficient (Wildman–Crippen LogP) is 3.66. The smallest absolute Gasteiger partial charge is 0.288 e. The summed E-state index contributed by atoms with van der Waals surface area (Å²) in [6, 6.07) is 15.8. The summed E-state index contributed by atoms with van der Waals surface area (Å²) in [7, 11) is -3.05. The minimum Gasteiger partial charge on any atom is -0.409 e. The van der Waals surface area contributed by atoms with Crippen LogP contribution in [0.2, 0.25) is 0 Å². The fourth-order valence-electron chi connectivity index (χ4n) is 3.49. The molecular formula is C20H20FN3O3S2. The van der Waals surface area contributed by atoms with Crippen LogP contribution in [0.3, 0.4) is 0 Å². The SMILES string of the molecule is O=S1(=O)CCC(N(Cc2ccccc2)Cn2nc(-c3ccccc3F)oc2=S)C1. The van der Waals surface area contributed by atoms with Gasteiger partial charge >= 0.3 is 0 Å². The molecule has 29 heavy (non-hydrogen) atoms. The third-order valence-corrected chi connectivity index (χ3v) is 7.02. The van der Waals surface area contributed by atoms with Crippen molar-refractivity contribution in [2.24, 2.45) is 0 Å². The normalized spacial score (nSPS) is 18.3. The van der Waals surface area contributed by atoms with E-state index in [0.717, 1.165) is 5.56 Å². The molecule has 1 fully saturated rings. The van der Waals surface area contributed by atoms with Gasteiger partial charge in [-0.05, 0) is 36.3 Å². The first kappa shape index (κ1) is 19.9. The van der Waals surface area contributed by atoms with Gasteiger partial charge in [0.05, 0.1) is 23.7 Å². The fourth-order valence-corrected chi connectivity index (χ4v) is 5.43. The standard InChI is InChI=1S/C20H20FN3O3S2/c21-18-9-5-4-8-17(18)19-22-24(20(28)27-19)14-23(12-15-6-2-1-3-7-15)16-10-11-29(25,26)13-16/h1-9,16H,10-14H2. The first-order valence-corrected chi connectivity index (χ1v) is 11.5. The molecule has 9 heteroatoms. The lowest BCUT2D eigenvalue weighted by Gasteiger charge is -2.27. The van der Waals surface area contributed by atoms with E-state index < -0.39 is 15.7 Å². The summed E-state index contributed by atoms with van der Waals surface area (Å²) in [5, 5.41) is 4.34. The summed E-state index contributed by atoms with van der Waals surface area (Å²) in [4.78, 5) is 2.14. The Kier molecular flexibility index (Phi) is 5.62. The van der Waals surface area contributed by atoms with Crippen molar-refractivity contribution >= 4 is 22.1 Å². The van der Waals surface area contributed by atoms with E-state index in [1.165, 1.54) is 10.7 Å². The number of hydrogen-bond donors (Lipinski definition) is 0. The number of sulfone groups is 1. The van der Waals surface area contributed by atoms with Crippen molar-refractivity contribution in [3.05, 3.63) is 70.8 Å². The highest BCUT2D eigenvalue weighted by atomic mass is 32.2. The lowest BCUT2D eigenvalue weighted by molar-refractivity contribution is 0.144. The highest BCUT2D eigenvalue weighted by Crippen LogP contribution is 2.24. The van der Waals surface area contributed by atoms with Crippen LogP contribution < -0.4 is 0 Å². The van der Waals surface area contributed by atoms with Crippen molar-refractivity contribution in [3.8, 4) is 11.5 Å². The van der Waals surface area contributed by atoms with Gasteiger partial charge in [-0.15, -0.1) is 5.10 Å². The molecule has 1 aromatic heterocycles. The van der Waals surface area contributed by atoms with Gasteiger partial charge in [-0.1, -0.05) is 42.5 Å². The summed E-state index contributed by atoms with van der Waals surface area (Å²) in [5.74, 6) is -0.0653. The third-order valence-electron chi connectivity index (χ3n) is 4.98. The zero-order chi connectivity index (χ0) is 20.4. The molecule has 1 unspecified atom stereocenters. The zero-order valence-corrected chi connectivity index (χ0v) is 17.2. The Hall–Kier alpha value is -2.36. The second kappa shape index (κ2) is 8.17. The van der Waals surface area contributed by atoms with Crippen molar-refractivity contribution in [3.63, 3.8) is 0 Å². The minimum atomic E-state index is -3.05. The fraction of sp³-hybridized carbons (Fsp3) is 0.300. The highest BCUT2D eigenvalue weighted by Gasteiger charge is 2.33. The first-order valence-electron chi connectivity index (χ1n) is 9.22. The summed E-state index contributed by atoms with van der Waals surface area (Å²) in [6.45, 7) is 0.802. The van der Waals surface area contributed by atoms with Gasteiger partial charge in [0.15, 0.2) is 9.84 Å². The Bertz CT molecular complexity index is 1160. The molecule has 1 saturated heterocycles. The van der Waals surface area contributed by atoms with Crippen LogP contribution in [0.5, 0.6) is 0 Å². The Labute approximate surface area is 173 Å². The molecule has 0 spiro atoms. The van der Waals surface area contributed by atoms with E-state index in [0.29, 0.717) is 13.0 Å². The zero-order valence-electron chi connectivity index (χ0n) is 15.6. The average Bonchev–Trinajstić information content (AvgIpc) is 3.24.